The highest BCUT2D eigenvalue weighted by molar-refractivity contribution is 6.31. The first-order valence-electron chi connectivity index (χ1n) is 6.57. The predicted molar refractivity (Wildman–Crippen MR) is 81.6 cm³/mol. The van der Waals surface area contributed by atoms with Crippen molar-refractivity contribution in [3.8, 4) is 6.07 Å². The van der Waals surface area contributed by atoms with Crippen LogP contribution in [0, 0.1) is 18.3 Å². The molecule has 2 aromatic rings. The standard InChI is InChI=1S/C16H18ClN3/c1-11(15-6-4-5-7-16(15)17)19-10-13-8-14(9-18)20(3)12(13)2/h4-8,11,19H,10H2,1-3H3/t11-/m0/s1. The van der Waals surface area contributed by atoms with Gasteiger partial charge in [-0.3, -0.25) is 0 Å². The second-order valence-corrected chi connectivity index (χ2v) is 5.34. The number of hydrogen-bond acceptors (Lipinski definition) is 2. The van der Waals surface area contributed by atoms with Gasteiger partial charge in [-0.15, -0.1) is 0 Å². The van der Waals surface area contributed by atoms with E-state index in [-0.39, 0.29) is 6.04 Å². The molecule has 0 radical (unpaired) electrons. The average molecular weight is 288 g/mol. The van der Waals surface area contributed by atoms with Crippen LogP contribution in [0.5, 0.6) is 0 Å². The highest BCUT2D eigenvalue weighted by atomic mass is 35.5. The first kappa shape index (κ1) is 14.6. The molecule has 1 N–H and O–H groups in total. The number of benzene rings is 1. The molecule has 1 aromatic carbocycles. The van der Waals surface area contributed by atoms with Crippen molar-refractivity contribution in [2.24, 2.45) is 7.05 Å². The third-order valence-electron chi connectivity index (χ3n) is 3.73. The number of nitrogens with zero attached hydrogens (tertiary/aromatic N) is 2. The molecule has 104 valence electrons. The Kier molecular flexibility index (Phi) is 4.49. The molecule has 0 fully saturated rings. The van der Waals surface area contributed by atoms with Gasteiger partial charge in [0.1, 0.15) is 11.8 Å². The summed E-state index contributed by atoms with van der Waals surface area (Å²) >= 11 is 6.20. The van der Waals surface area contributed by atoms with Crippen molar-refractivity contribution in [2.45, 2.75) is 26.4 Å². The van der Waals surface area contributed by atoms with Gasteiger partial charge in [0, 0.05) is 30.4 Å². The monoisotopic (exact) mass is 287 g/mol. The molecular weight excluding hydrogens is 270 g/mol. The Hall–Kier alpha value is -1.76. The molecule has 0 aliphatic carbocycles. The van der Waals surface area contributed by atoms with Crippen molar-refractivity contribution in [3.63, 3.8) is 0 Å². The van der Waals surface area contributed by atoms with Crippen molar-refractivity contribution >= 4 is 11.6 Å². The molecule has 0 saturated heterocycles. The van der Waals surface area contributed by atoms with E-state index in [4.69, 9.17) is 16.9 Å². The number of nitriles is 1. The summed E-state index contributed by atoms with van der Waals surface area (Å²) in [5.74, 6) is 0. The van der Waals surface area contributed by atoms with Crippen LogP contribution >= 0.6 is 11.6 Å². The van der Waals surface area contributed by atoms with E-state index in [0.29, 0.717) is 12.2 Å². The molecule has 4 heteroatoms. The minimum Gasteiger partial charge on any atom is -0.340 e. The van der Waals surface area contributed by atoms with Crippen LogP contribution in [0.2, 0.25) is 5.02 Å². The van der Waals surface area contributed by atoms with Crippen LogP contribution < -0.4 is 5.32 Å². The van der Waals surface area contributed by atoms with Gasteiger partial charge < -0.3 is 9.88 Å². The Morgan fingerprint density at radius 1 is 1.40 bits per heavy atom. The topological polar surface area (TPSA) is 40.8 Å². The van der Waals surface area contributed by atoms with Crippen molar-refractivity contribution in [2.75, 3.05) is 0 Å². The summed E-state index contributed by atoms with van der Waals surface area (Å²) in [6, 6.07) is 12.1. The molecule has 3 nitrogen and oxygen atoms in total. The van der Waals surface area contributed by atoms with Crippen LogP contribution in [-0.2, 0) is 13.6 Å². The Labute approximate surface area is 124 Å². The first-order valence-corrected chi connectivity index (χ1v) is 6.95. The molecule has 0 amide bonds. The smallest absolute Gasteiger partial charge is 0.120 e. The summed E-state index contributed by atoms with van der Waals surface area (Å²) in [7, 11) is 1.91. The zero-order chi connectivity index (χ0) is 14.7. The maximum absolute atomic E-state index is 9.04. The van der Waals surface area contributed by atoms with E-state index in [2.05, 4.69) is 18.3 Å². The van der Waals surface area contributed by atoms with Gasteiger partial charge in [-0.05, 0) is 37.1 Å². The second-order valence-electron chi connectivity index (χ2n) is 4.94. The van der Waals surface area contributed by atoms with Crippen LogP contribution in [0.4, 0.5) is 0 Å². The molecule has 1 atom stereocenters. The fourth-order valence-electron chi connectivity index (χ4n) is 2.25. The van der Waals surface area contributed by atoms with E-state index in [9.17, 15) is 0 Å². The van der Waals surface area contributed by atoms with Gasteiger partial charge in [0.05, 0.1) is 0 Å². The average Bonchev–Trinajstić information content (AvgIpc) is 2.72. The molecule has 20 heavy (non-hydrogen) atoms. The third-order valence-corrected chi connectivity index (χ3v) is 4.07. The highest BCUT2D eigenvalue weighted by Gasteiger charge is 2.12. The Balaban J connectivity index is 2.10. The van der Waals surface area contributed by atoms with E-state index >= 15 is 0 Å². The molecule has 0 aliphatic heterocycles. The molecule has 0 spiro atoms. The molecular formula is C16H18ClN3. The highest BCUT2D eigenvalue weighted by Crippen LogP contribution is 2.23. The van der Waals surface area contributed by atoms with Gasteiger partial charge in [0.2, 0.25) is 0 Å². The molecule has 1 heterocycles. The second kappa shape index (κ2) is 6.13. The quantitative estimate of drug-likeness (QED) is 0.931. The van der Waals surface area contributed by atoms with Gasteiger partial charge in [-0.2, -0.15) is 5.26 Å². The predicted octanol–water partition coefficient (Wildman–Crippen LogP) is 3.71. The lowest BCUT2D eigenvalue weighted by Crippen LogP contribution is -2.18. The SMILES string of the molecule is Cc1c(CN[C@@H](C)c2ccccc2Cl)cc(C#N)n1C. The third kappa shape index (κ3) is 2.87. The minimum atomic E-state index is 0.161. The Morgan fingerprint density at radius 2 is 2.10 bits per heavy atom. The van der Waals surface area contributed by atoms with Crippen LogP contribution in [0.25, 0.3) is 0 Å². The molecule has 0 aliphatic rings. The number of rotatable bonds is 4. The van der Waals surface area contributed by atoms with Gasteiger partial charge in [0.25, 0.3) is 0 Å². The molecule has 2 rings (SSSR count). The van der Waals surface area contributed by atoms with Crippen LogP contribution in [0.15, 0.2) is 30.3 Å². The number of halogens is 1. The molecule has 1 aromatic heterocycles. The summed E-state index contributed by atoms with van der Waals surface area (Å²) in [5.41, 5.74) is 4.02. The first-order chi connectivity index (χ1) is 9.54. The summed E-state index contributed by atoms with van der Waals surface area (Å²) in [4.78, 5) is 0. The maximum atomic E-state index is 9.04. The summed E-state index contributed by atoms with van der Waals surface area (Å²) in [6.45, 7) is 4.83. The zero-order valence-corrected chi connectivity index (χ0v) is 12.7. The summed E-state index contributed by atoms with van der Waals surface area (Å²) in [6.07, 6.45) is 0. The minimum absolute atomic E-state index is 0.161. The van der Waals surface area contributed by atoms with Crippen LogP contribution in [-0.4, -0.2) is 4.57 Å². The summed E-state index contributed by atoms with van der Waals surface area (Å²) in [5, 5.41) is 13.3. The van der Waals surface area contributed by atoms with E-state index in [1.54, 1.807) is 0 Å². The fourth-order valence-corrected chi connectivity index (χ4v) is 2.55. The lowest BCUT2D eigenvalue weighted by atomic mass is 10.1. The lowest BCUT2D eigenvalue weighted by molar-refractivity contribution is 0.573. The van der Waals surface area contributed by atoms with Crippen LogP contribution in [0.3, 0.4) is 0 Å². The lowest BCUT2D eigenvalue weighted by Gasteiger charge is -2.15. The van der Waals surface area contributed by atoms with E-state index in [0.717, 1.165) is 21.8 Å². The van der Waals surface area contributed by atoms with Crippen molar-refractivity contribution in [1.82, 2.24) is 9.88 Å². The zero-order valence-electron chi connectivity index (χ0n) is 11.9. The fraction of sp³-hybridized carbons (Fsp3) is 0.312. The number of hydrogen-bond donors (Lipinski definition) is 1. The largest absolute Gasteiger partial charge is 0.340 e. The normalized spacial score (nSPS) is 12.2. The Bertz CT molecular complexity index is 652. The van der Waals surface area contributed by atoms with E-state index in [1.165, 1.54) is 0 Å². The Morgan fingerprint density at radius 3 is 2.70 bits per heavy atom. The van der Waals surface area contributed by atoms with Crippen LogP contribution in [0.1, 0.15) is 35.5 Å². The molecule has 0 bridgehead atoms. The maximum Gasteiger partial charge on any atom is 0.120 e. The van der Waals surface area contributed by atoms with Gasteiger partial charge in [0.15, 0.2) is 0 Å². The molecule has 0 saturated carbocycles. The van der Waals surface area contributed by atoms with E-state index < -0.39 is 0 Å². The van der Waals surface area contributed by atoms with Crippen molar-refractivity contribution in [1.29, 1.82) is 5.26 Å². The van der Waals surface area contributed by atoms with Gasteiger partial charge in [-0.25, -0.2) is 0 Å². The van der Waals surface area contributed by atoms with Crippen molar-refractivity contribution in [3.05, 3.63) is 57.9 Å². The summed E-state index contributed by atoms with van der Waals surface area (Å²) < 4.78 is 1.91. The molecule has 0 unspecified atom stereocenters. The van der Waals surface area contributed by atoms with Gasteiger partial charge >= 0.3 is 0 Å². The number of nitrogens with one attached hydrogen (secondary N) is 1. The number of aromatic nitrogens is 1. The van der Waals surface area contributed by atoms with Crippen molar-refractivity contribution < 1.29 is 0 Å². The van der Waals surface area contributed by atoms with E-state index in [1.807, 2.05) is 48.9 Å². The van der Waals surface area contributed by atoms with Gasteiger partial charge in [-0.1, -0.05) is 29.8 Å².